The van der Waals surface area contributed by atoms with Crippen LogP contribution in [0.5, 0.6) is 5.75 Å². The molecule has 162 valence electrons. The minimum atomic E-state index is -0.386. The molecule has 1 saturated heterocycles. The first-order valence-corrected chi connectivity index (χ1v) is 10.4. The number of carbonyl (C=O) groups is 2. The number of H-pyrrole nitrogens is 1. The number of ketones is 1. The average molecular weight is 414 g/mol. The van der Waals surface area contributed by atoms with Crippen molar-refractivity contribution in [1.29, 1.82) is 0 Å². The summed E-state index contributed by atoms with van der Waals surface area (Å²) in [5, 5.41) is 0. The van der Waals surface area contributed by atoms with Crippen LogP contribution in [0.2, 0.25) is 0 Å². The quantitative estimate of drug-likeness (QED) is 0.555. The normalized spacial score (nSPS) is 15.7. The van der Waals surface area contributed by atoms with Gasteiger partial charge in [0.2, 0.25) is 0 Å². The van der Waals surface area contributed by atoms with Gasteiger partial charge in [0.05, 0.1) is 31.0 Å². The minimum absolute atomic E-state index is 0.00375. The molecule has 0 radical (unpaired) electrons. The van der Waals surface area contributed by atoms with Crippen molar-refractivity contribution in [2.45, 2.75) is 33.7 Å². The summed E-state index contributed by atoms with van der Waals surface area (Å²) < 4.78 is 10.4. The molecule has 1 aromatic heterocycles. The Labute approximate surface area is 178 Å². The second kappa shape index (κ2) is 9.34. The lowest BCUT2D eigenvalue weighted by molar-refractivity contribution is 0.0525. The van der Waals surface area contributed by atoms with Gasteiger partial charge >= 0.3 is 5.97 Å². The van der Waals surface area contributed by atoms with Crippen molar-refractivity contribution < 1.29 is 19.1 Å². The third-order valence-electron chi connectivity index (χ3n) is 5.84. The van der Waals surface area contributed by atoms with Crippen LogP contribution in [0, 0.1) is 13.8 Å². The Kier molecular flexibility index (Phi) is 6.82. The molecule has 0 aliphatic carbocycles. The highest BCUT2D eigenvalue weighted by Crippen LogP contribution is 2.24. The van der Waals surface area contributed by atoms with E-state index in [9.17, 15) is 9.59 Å². The van der Waals surface area contributed by atoms with Gasteiger partial charge in [-0.2, -0.15) is 0 Å². The van der Waals surface area contributed by atoms with Crippen molar-refractivity contribution in [3.05, 3.63) is 46.8 Å². The molecular weight excluding hydrogens is 382 g/mol. The third-order valence-corrected chi connectivity index (χ3v) is 5.84. The molecule has 1 fully saturated rings. The Morgan fingerprint density at radius 2 is 1.73 bits per heavy atom. The van der Waals surface area contributed by atoms with Gasteiger partial charge in [-0.25, -0.2) is 4.79 Å². The van der Waals surface area contributed by atoms with Crippen molar-refractivity contribution in [3.63, 3.8) is 0 Å². The fourth-order valence-electron chi connectivity index (χ4n) is 4.04. The Balaban J connectivity index is 1.66. The third kappa shape index (κ3) is 4.36. The lowest BCUT2D eigenvalue weighted by Gasteiger charge is -2.38. The zero-order valence-electron chi connectivity index (χ0n) is 18.4. The molecule has 0 saturated carbocycles. The standard InChI is InChI=1S/C23H31N3O4/c1-6-30-23(28)20-15(2)21(24-16(20)3)22(27)17(4)25-11-13-26(14-12-25)18-7-9-19(29-5)10-8-18/h7-10,17,24H,6,11-14H2,1-5H3/t17-/m0/s1. The number of nitrogens with one attached hydrogen (secondary N) is 1. The monoisotopic (exact) mass is 413 g/mol. The Morgan fingerprint density at radius 1 is 1.10 bits per heavy atom. The number of aromatic amines is 1. The van der Waals surface area contributed by atoms with E-state index in [1.807, 2.05) is 19.1 Å². The maximum Gasteiger partial charge on any atom is 0.340 e. The number of piperazine rings is 1. The van der Waals surface area contributed by atoms with E-state index in [1.54, 1.807) is 27.9 Å². The number of ether oxygens (including phenoxy) is 2. The van der Waals surface area contributed by atoms with Crippen LogP contribution in [0.1, 0.15) is 46.0 Å². The second-order valence-corrected chi connectivity index (χ2v) is 7.61. The number of methoxy groups -OCH3 is 1. The molecule has 7 heteroatoms. The van der Waals surface area contributed by atoms with E-state index in [1.165, 1.54) is 0 Å². The summed E-state index contributed by atoms with van der Waals surface area (Å²) in [6.45, 7) is 10.9. The summed E-state index contributed by atoms with van der Waals surface area (Å²) in [4.78, 5) is 33.0. The van der Waals surface area contributed by atoms with Crippen molar-refractivity contribution in [1.82, 2.24) is 9.88 Å². The molecule has 0 amide bonds. The number of nitrogens with zero attached hydrogens (tertiary/aromatic N) is 2. The fraction of sp³-hybridized carbons (Fsp3) is 0.478. The van der Waals surface area contributed by atoms with E-state index in [4.69, 9.17) is 9.47 Å². The lowest BCUT2D eigenvalue weighted by atomic mass is 10.0. The summed E-state index contributed by atoms with van der Waals surface area (Å²) >= 11 is 0. The molecule has 7 nitrogen and oxygen atoms in total. The summed E-state index contributed by atoms with van der Waals surface area (Å²) in [6.07, 6.45) is 0. The van der Waals surface area contributed by atoms with Gasteiger partial charge in [-0.15, -0.1) is 0 Å². The van der Waals surface area contributed by atoms with Gasteiger partial charge in [0.25, 0.3) is 0 Å². The highest BCUT2D eigenvalue weighted by Gasteiger charge is 2.30. The van der Waals surface area contributed by atoms with E-state index in [0.29, 0.717) is 29.1 Å². The van der Waals surface area contributed by atoms with Crippen LogP contribution < -0.4 is 9.64 Å². The first-order chi connectivity index (χ1) is 14.4. The van der Waals surface area contributed by atoms with Crippen LogP contribution >= 0.6 is 0 Å². The average Bonchev–Trinajstić information content (AvgIpc) is 3.07. The minimum Gasteiger partial charge on any atom is -0.497 e. The molecule has 1 N–H and O–H groups in total. The predicted octanol–water partition coefficient (Wildman–Crippen LogP) is 3.21. The molecule has 2 aromatic rings. The molecule has 0 bridgehead atoms. The number of anilines is 1. The molecule has 0 spiro atoms. The summed E-state index contributed by atoms with van der Waals surface area (Å²) in [6, 6.07) is 7.78. The second-order valence-electron chi connectivity index (χ2n) is 7.61. The van der Waals surface area contributed by atoms with Gasteiger partial charge < -0.3 is 19.4 Å². The molecule has 3 rings (SSSR count). The van der Waals surface area contributed by atoms with Gasteiger partial charge in [0.15, 0.2) is 5.78 Å². The van der Waals surface area contributed by atoms with Gasteiger partial charge in [0, 0.05) is 37.6 Å². The summed E-state index contributed by atoms with van der Waals surface area (Å²) in [5.41, 5.74) is 3.47. The fourth-order valence-corrected chi connectivity index (χ4v) is 4.04. The number of aromatic nitrogens is 1. The molecule has 1 aliphatic heterocycles. The van der Waals surface area contributed by atoms with Crippen molar-refractivity contribution in [2.24, 2.45) is 0 Å². The maximum absolute atomic E-state index is 13.2. The Hall–Kier alpha value is -2.80. The summed E-state index contributed by atoms with van der Waals surface area (Å²) in [7, 11) is 1.66. The van der Waals surface area contributed by atoms with Gasteiger partial charge in [-0.05, 0) is 57.5 Å². The molecule has 1 aromatic carbocycles. The number of hydrogen-bond acceptors (Lipinski definition) is 6. The molecule has 0 unspecified atom stereocenters. The van der Waals surface area contributed by atoms with Crippen molar-refractivity contribution in [3.8, 4) is 5.75 Å². The van der Waals surface area contributed by atoms with Crippen LogP contribution in [0.25, 0.3) is 0 Å². The van der Waals surface area contributed by atoms with Gasteiger partial charge in [-0.1, -0.05) is 0 Å². The van der Waals surface area contributed by atoms with E-state index in [0.717, 1.165) is 37.6 Å². The van der Waals surface area contributed by atoms with E-state index in [2.05, 4.69) is 26.9 Å². The number of Topliss-reactive ketones (excluding diaryl/α,β-unsaturated/α-hetero) is 1. The molecule has 30 heavy (non-hydrogen) atoms. The maximum atomic E-state index is 13.2. The predicted molar refractivity (Wildman–Crippen MR) is 117 cm³/mol. The number of benzene rings is 1. The number of esters is 1. The lowest BCUT2D eigenvalue weighted by Crippen LogP contribution is -2.51. The number of carbonyl (C=O) groups excluding carboxylic acids is 2. The highest BCUT2D eigenvalue weighted by atomic mass is 16.5. The van der Waals surface area contributed by atoms with E-state index in [-0.39, 0.29) is 17.8 Å². The molecule has 2 heterocycles. The van der Waals surface area contributed by atoms with Crippen LogP contribution in [-0.2, 0) is 4.74 Å². The molecule has 1 atom stereocenters. The van der Waals surface area contributed by atoms with Gasteiger partial charge in [-0.3, -0.25) is 9.69 Å². The van der Waals surface area contributed by atoms with E-state index >= 15 is 0 Å². The largest absolute Gasteiger partial charge is 0.497 e. The van der Waals surface area contributed by atoms with E-state index < -0.39 is 0 Å². The molecule has 1 aliphatic rings. The Bertz CT molecular complexity index is 896. The zero-order chi connectivity index (χ0) is 21.8. The SMILES string of the molecule is CCOC(=O)c1c(C)[nH]c(C(=O)[C@H](C)N2CCN(c3ccc(OC)cc3)CC2)c1C. The number of rotatable bonds is 7. The number of hydrogen-bond donors (Lipinski definition) is 1. The molecular formula is C23H31N3O4. The topological polar surface area (TPSA) is 74.9 Å². The first-order valence-electron chi connectivity index (χ1n) is 10.4. The van der Waals surface area contributed by atoms with Crippen LogP contribution in [-0.4, -0.2) is 67.6 Å². The highest BCUT2D eigenvalue weighted by molar-refractivity contribution is 6.03. The van der Waals surface area contributed by atoms with Crippen LogP contribution in [0.4, 0.5) is 5.69 Å². The number of aryl methyl sites for hydroxylation is 1. The van der Waals surface area contributed by atoms with Crippen molar-refractivity contribution in [2.75, 3.05) is 44.8 Å². The van der Waals surface area contributed by atoms with Crippen LogP contribution in [0.3, 0.4) is 0 Å². The first kappa shape index (κ1) is 21.9. The smallest absolute Gasteiger partial charge is 0.340 e. The summed E-state index contributed by atoms with van der Waals surface area (Å²) in [5.74, 6) is 0.461. The van der Waals surface area contributed by atoms with Crippen LogP contribution in [0.15, 0.2) is 24.3 Å². The van der Waals surface area contributed by atoms with Gasteiger partial charge in [0.1, 0.15) is 5.75 Å². The Morgan fingerprint density at radius 3 is 2.30 bits per heavy atom. The zero-order valence-corrected chi connectivity index (χ0v) is 18.4. The van der Waals surface area contributed by atoms with Crippen molar-refractivity contribution >= 4 is 17.4 Å².